The molecule has 0 aliphatic heterocycles. The molecule has 1 aliphatic rings. The molecule has 1 saturated carbocycles. The van der Waals surface area contributed by atoms with Gasteiger partial charge in [-0.2, -0.15) is 5.48 Å². The standard InChI is InChI=1S/C8H17NO2/c10-9-7-11-6-8-4-2-1-3-5-8/h8-10H,1-7H2. The maximum atomic E-state index is 8.22. The van der Waals surface area contributed by atoms with Crippen molar-refractivity contribution in [3.05, 3.63) is 0 Å². The highest BCUT2D eigenvalue weighted by atomic mass is 16.6. The monoisotopic (exact) mass is 159 g/mol. The molecule has 0 bridgehead atoms. The molecule has 0 spiro atoms. The Morgan fingerprint density at radius 2 is 2.00 bits per heavy atom. The largest absolute Gasteiger partial charge is 0.364 e. The predicted octanol–water partition coefficient (Wildman–Crippen LogP) is 1.52. The zero-order valence-electron chi connectivity index (χ0n) is 6.88. The van der Waals surface area contributed by atoms with E-state index in [-0.39, 0.29) is 6.73 Å². The molecule has 0 heterocycles. The molecule has 0 saturated heterocycles. The van der Waals surface area contributed by atoms with Crippen LogP contribution in [0.4, 0.5) is 0 Å². The van der Waals surface area contributed by atoms with E-state index in [1.54, 1.807) is 0 Å². The van der Waals surface area contributed by atoms with Crippen LogP contribution in [0.15, 0.2) is 0 Å². The van der Waals surface area contributed by atoms with Crippen LogP contribution in [0.1, 0.15) is 32.1 Å². The fourth-order valence-electron chi connectivity index (χ4n) is 1.63. The Labute approximate surface area is 67.7 Å². The lowest BCUT2D eigenvalue weighted by atomic mass is 9.90. The van der Waals surface area contributed by atoms with Gasteiger partial charge in [0.1, 0.15) is 6.73 Å². The molecule has 1 fully saturated rings. The van der Waals surface area contributed by atoms with Gasteiger partial charge in [-0.3, -0.25) is 0 Å². The molecule has 2 N–H and O–H groups in total. The maximum Gasteiger partial charge on any atom is 0.119 e. The van der Waals surface area contributed by atoms with Crippen molar-refractivity contribution in [3.8, 4) is 0 Å². The van der Waals surface area contributed by atoms with Crippen molar-refractivity contribution >= 4 is 0 Å². The minimum absolute atomic E-state index is 0.260. The van der Waals surface area contributed by atoms with Gasteiger partial charge in [-0.25, -0.2) is 0 Å². The summed E-state index contributed by atoms with van der Waals surface area (Å²) in [7, 11) is 0. The Hall–Kier alpha value is -0.120. The average Bonchev–Trinajstić information content (AvgIpc) is 2.07. The van der Waals surface area contributed by atoms with Crippen LogP contribution in [-0.2, 0) is 4.74 Å². The van der Waals surface area contributed by atoms with Gasteiger partial charge in [0, 0.05) is 0 Å². The summed E-state index contributed by atoms with van der Waals surface area (Å²) in [5, 5.41) is 8.22. The van der Waals surface area contributed by atoms with Gasteiger partial charge < -0.3 is 9.94 Å². The number of nitrogens with one attached hydrogen (secondary N) is 1. The van der Waals surface area contributed by atoms with Crippen LogP contribution in [0.3, 0.4) is 0 Å². The third-order valence-corrected chi connectivity index (χ3v) is 2.24. The summed E-state index contributed by atoms with van der Waals surface area (Å²) in [5.41, 5.74) is 1.99. The van der Waals surface area contributed by atoms with Crippen LogP contribution in [0, 0.1) is 5.92 Å². The Bertz CT molecular complexity index is 92.1. The maximum absolute atomic E-state index is 8.22. The smallest absolute Gasteiger partial charge is 0.119 e. The lowest BCUT2D eigenvalue weighted by molar-refractivity contribution is 0.00374. The van der Waals surface area contributed by atoms with Crippen molar-refractivity contribution in [2.45, 2.75) is 32.1 Å². The first-order valence-electron chi connectivity index (χ1n) is 4.38. The lowest BCUT2D eigenvalue weighted by Crippen LogP contribution is -2.19. The summed E-state index contributed by atoms with van der Waals surface area (Å²) in [6.07, 6.45) is 6.67. The van der Waals surface area contributed by atoms with E-state index in [1.807, 2.05) is 5.48 Å². The summed E-state index contributed by atoms with van der Waals surface area (Å²) in [4.78, 5) is 0. The molecular formula is C8H17NO2. The Balaban J connectivity index is 1.96. The number of hydroxylamine groups is 1. The molecule has 0 amide bonds. The van der Waals surface area contributed by atoms with Gasteiger partial charge in [0.05, 0.1) is 6.61 Å². The molecule has 1 rings (SSSR count). The molecule has 11 heavy (non-hydrogen) atoms. The van der Waals surface area contributed by atoms with E-state index in [4.69, 9.17) is 9.94 Å². The number of hydrogen-bond donors (Lipinski definition) is 2. The molecule has 0 aromatic heterocycles. The minimum atomic E-state index is 0.260. The van der Waals surface area contributed by atoms with Crippen molar-refractivity contribution in [1.82, 2.24) is 5.48 Å². The van der Waals surface area contributed by atoms with Gasteiger partial charge >= 0.3 is 0 Å². The molecule has 0 radical (unpaired) electrons. The van der Waals surface area contributed by atoms with Crippen molar-refractivity contribution in [3.63, 3.8) is 0 Å². The van der Waals surface area contributed by atoms with Gasteiger partial charge in [0.15, 0.2) is 0 Å². The minimum Gasteiger partial charge on any atom is -0.364 e. The van der Waals surface area contributed by atoms with Crippen LogP contribution in [0.2, 0.25) is 0 Å². The first-order valence-corrected chi connectivity index (χ1v) is 4.38. The van der Waals surface area contributed by atoms with Crippen LogP contribution >= 0.6 is 0 Å². The SMILES string of the molecule is ONCOCC1CCCCC1. The highest BCUT2D eigenvalue weighted by Gasteiger charge is 2.12. The van der Waals surface area contributed by atoms with Crippen LogP contribution in [0.5, 0.6) is 0 Å². The zero-order valence-corrected chi connectivity index (χ0v) is 6.88. The van der Waals surface area contributed by atoms with E-state index < -0.39 is 0 Å². The Kier molecular flexibility index (Phi) is 4.50. The van der Waals surface area contributed by atoms with E-state index in [0.29, 0.717) is 0 Å². The number of ether oxygens (including phenoxy) is 1. The van der Waals surface area contributed by atoms with E-state index in [0.717, 1.165) is 12.5 Å². The summed E-state index contributed by atoms with van der Waals surface area (Å²) in [6.45, 7) is 1.06. The third kappa shape index (κ3) is 3.70. The highest BCUT2D eigenvalue weighted by molar-refractivity contribution is 4.64. The molecule has 0 aromatic carbocycles. The summed E-state index contributed by atoms with van der Waals surface area (Å²) in [5.74, 6) is 0.733. The molecule has 3 heteroatoms. The molecule has 0 unspecified atom stereocenters. The van der Waals surface area contributed by atoms with Crippen molar-refractivity contribution < 1.29 is 9.94 Å². The lowest BCUT2D eigenvalue weighted by Gasteiger charge is -2.20. The molecule has 0 atom stereocenters. The Morgan fingerprint density at radius 3 is 2.64 bits per heavy atom. The molecule has 66 valence electrons. The zero-order chi connectivity index (χ0) is 7.94. The van der Waals surface area contributed by atoms with E-state index >= 15 is 0 Å². The first kappa shape index (κ1) is 8.97. The molecule has 1 aliphatic carbocycles. The predicted molar refractivity (Wildman–Crippen MR) is 42.3 cm³/mol. The van der Waals surface area contributed by atoms with Gasteiger partial charge in [0.25, 0.3) is 0 Å². The third-order valence-electron chi connectivity index (χ3n) is 2.24. The van der Waals surface area contributed by atoms with Gasteiger partial charge in [0.2, 0.25) is 0 Å². The molecule has 3 nitrogen and oxygen atoms in total. The van der Waals surface area contributed by atoms with Crippen molar-refractivity contribution in [2.75, 3.05) is 13.3 Å². The van der Waals surface area contributed by atoms with E-state index in [2.05, 4.69) is 0 Å². The topological polar surface area (TPSA) is 41.5 Å². The van der Waals surface area contributed by atoms with E-state index in [9.17, 15) is 0 Å². The molecular weight excluding hydrogens is 142 g/mol. The second kappa shape index (κ2) is 5.52. The van der Waals surface area contributed by atoms with Crippen molar-refractivity contribution in [2.24, 2.45) is 5.92 Å². The van der Waals surface area contributed by atoms with Gasteiger partial charge in [-0.1, -0.05) is 19.3 Å². The van der Waals surface area contributed by atoms with Crippen LogP contribution < -0.4 is 5.48 Å². The van der Waals surface area contributed by atoms with Gasteiger partial charge in [-0.15, -0.1) is 0 Å². The summed E-state index contributed by atoms with van der Waals surface area (Å²) >= 11 is 0. The van der Waals surface area contributed by atoms with Crippen molar-refractivity contribution in [1.29, 1.82) is 0 Å². The Morgan fingerprint density at radius 1 is 1.27 bits per heavy atom. The average molecular weight is 159 g/mol. The number of rotatable bonds is 4. The quantitative estimate of drug-likeness (QED) is 0.371. The summed E-state index contributed by atoms with van der Waals surface area (Å²) in [6, 6.07) is 0. The molecule has 0 aromatic rings. The van der Waals surface area contributed by atoms with Gasteiger partial charge in [-0.05, 0) is 18.8 Å². The fraction of sp³-hybridized carbons (Fsp3) is 1.00. The normalized spacial score (nSPS) is 20.5. The summed E-state index contributed by atoms with van der Waals surface area (Å²) < 4.78 is 5.16. The second-order valence-electron chi connectivity index (χ2n) is 3.18. The highest BCUT2D eigenvalue weighted by Crippen LogP contribution is 2.23. The van der Waals surface area contributed by atoms with E-state index in [1.165, 1.54) is 32.1 Å². The second-order valence-corrected chi connectivity index (χ2v) is 3.18. The fourth-order valence-corrected chi connectivity index (χ4v) is 1.63. The van der Waals surface area contributed by atoms with Crippen LogP contribution in [0.25, 0.3) is 0 Å². The van der Waals surface area contributed by atoms with Crippen LogP contribution in [-0.4, -0.2) is 18.5 Å². The first-order chi connectivity index (χ1) is 5.43. The number of hydrogen-bond acceptors (Lipinski definition) is 3.